The molecule has 2 aromatic rings. The molecule has 3 aliphatic carbocycles. The number of ketones is 2. The monoisotopic (exact) mass is 650 g/mol. The van der Waals surface area contributed by atoms with Gasteiger partial charge in [0.2, 0.25) is 12.6 Å². The van der Waals surface area contributed by atoms with Crippen molar-refractivity contribution in [3.05, 3.63) is 57.9 Å². The minimum absolute atomic E-state index is 0.0333. The molecule has 248 valence electrons. The number of anilines is 1. The molecular weight excluding hydrogens is 616 g/mol. The molecule has 15 heteroatoms. The van der Waals surface area contributed by atoms with Gasteiger partial charge < -0.3 is 50.6 Å². The van der Waals surface area contributed by atoms with Crippen LogP contribution in [0.15, 0.2) is 41.2 Å². The number of fused-ring (bicyclic) bond motifs is 4. The van der Waals surface area contributed by atoms with Gasteiger partial charge in [0.05, 0.1) is 11.6 Å². The number of carbonyl (C=O) groups excluding carboxylic acids is 4. The summed E-state index contributed by atoms with van der Waals surface area (Å²) in [6, 6.07) is 5.06. The van der Waals surface area contributed by atoms with E-state index >= 15 is 0 Å². The molecule has 2 amide bonds. The molecule has 1 fully saturated rings. The summed E-state index contributed by atoms with van der Waals surface area (Å²) in [5, 5.41) is 48.5. The average Bonchev–Trinajstić information content (AvgIpc) is 3.46. The Hall–Kier alpha value is -5.28. The van der Waals surface area contributed by atoms with Crippen LogP contribution < -0.4 is 30.2 Å². The van der Waals surface area contributed by atoms with Gasteiger partial charge in [0.25, 0.3) is 5.91 Å². The number of rotatable bonds is 6. The number of aliphatic hydroxyl groups is 3. The van der Waals surface area contributed by atoms with Gasteiger partial charge in [0, 0.05) is 49.4 Å². The summed E-state index contributed by atoms with van der Waals surface area (Å²) in [4.78, 5) is 55.5. The molecule has 0 unspecified atom stereocenters. The number of likely N-dealkylation sites (N-methyl/N-ethyl adjacent to an activating group) is 1. The molecule has 4 aliphatic rings. The number of Topliss-reactive ketones (excluding diaryl/α,β-unsaturated/α-hetero) is 2. The van der Waals surface area contributed by atoms with Crippen molar-refractivity contribution in [1.82, 2.24) is 10.2 Å². The summed E-state index contributed by atoms with van der Waals surface area (Å²) >= 11 is 0. The molecule has 15 nitrogen and oxygen atoms in total. The summed E-state index contributed by atoms with van der Waals surface area (Å²) in [5.41, 5.74) is 2.63. The number of nitrogens with two attached hydrogens (primary N) is 1. The second-order valence-electron chi connectivity index (χ2n) is 12.4. The molecule has 1 aliphatic heterocycles. The molecule has 0 bridgehead atoms. The molecular formula is C32H34N4O11. The number of hydrogen-bond acceptors (Lipinski definition) is 13. The molecule has 1 saturated carbocycles. The number of aliphatic hydroxyl groups excluding tert-OH is 2. The number of aromatic hydroxyl groups is 1. The van der Waals surface area contributed by atoms with Crippen LogP contribution in [0.4, 0.5) is 10.5 Å². The SMILES string of the molecule is CN(C)c1cc(CNC(=O)Oc2ccc3c(c2)OCO3)c(O)c2c1C[C@H]1C[C@H]3[C@H](N(C)C)C(=O)C(C(N)=O)=C(O)[C@@]3(O)C(=O)C1=C2O. The highest BCUT2D eigenvalue weighted by molar-refractivity contribution is 6.24. The van der Waals surface area contributed by atoms with E-state index in [1.54, 1.807) is 31.1 Å². The smallest absolute Gasteiger partial charge is 0.412 e. The first-order chi connectivity index (χ1) is 22.2. The van der Waals surface area contributed by atoms with Crippen molar-refractivity contribution in [2.24, 2.45) is 17.6 Å². The quantitative estimate of drug-likeness (QED) is 0.241. The maximum Gasteiger partial charge on any atom is 0.412 e. The first-order valence-corrected chi connectivity index (χ1v) is 14.7. The summed E-state index contributed by atoms with van der Waals surface area (Å²) in [5.74, 6) is -6.26. The first kappa shape index (κ1) is 31.7. The number of primary amides is 1. The lowest BCUT2D eigenvalue weighted by atomic mass is 9.57. The fraction of sp³-hybridized carbons (Fsp3) is 0.375. The minimum atomic E-state index is -2.75. The predicted octanol–water partition coefficient (Wildman–Crippen LogP) is 1.05. The number of phenols is 1. The zero-order valence-corrected chi connectivity index (χ0v) is 26.0. The Morgan fingerprint density at radius 1 is 1.09 bits per heavy atom. The highest BCUT2D eigenvalue weighted by Crippen LogP contribution is 2.54. The molecule has 2 aromatic carbocycles. The Balaban J connectivity index is 1.37. The number of nitrogens with zero attached hydrogens (tertiary/aromatic N) is 2. The fourth-order valence-electron chi connectivity index (χ4n) is 7.13. The molecule has 4 atom stereocenters. The van der Waals surface area contributed by atoms with Crippen LogP contribution in [0.2, 0.25) is 0 Å². The summed E-state index contributed by atoms with van der Waals surface area (Å²) in [6.45, 7) is -0.192. The van der Waals surface area contributed by atoms with Crippen molar-refractivity contribution in [2.75, 3.05) is 39.9 Å². The maximum atomic E-state index is 14.1. The van der Waals surface area contributed by atoms with E-state index < -0.39 is 69.9 Å². The van der Waals surface area contributed by atoms with E-state index in [9.17, 15) is 39.6 Å². The largest absolute Gasteiger partial charge is 0.508 e. The third kappa shape index (κ3) is 4.80. The van der Waals surface area contributed by atoms with Crippen molar-refractivity contribution in [3.8, 4) is 23.0 Å². The van der Waals surface area contributed by atoms with E-state index in [1.807, 2.05) is 0 Å². The van der Waals surface area contributed by atoms with Gasteiger partial charge in [0.1, 0.15) is 28.6 Å². The Morgan fingerprint density at radius 3 is 2.45 bits per heavy atom. The standard InChI is InChI=1S/C32H34N4O11/c1-35(2)18-9-14(11-34-31(43)47-15-5-6-19-20(10-15)46-12-45-19)25(37)22-16(18)7-13-8-17-24(36(3)4)27(39)23(30(33)42)29(41)32(17,44)28(40)21(13)26(22)38/h5-6,9-10,13,17,24,37-38,41,44H,7-8,11-12H2,1-4H3,(H2,33,42)(H,34,43)/t13-,17-,24-,32-/m0/s1. The molecule has 47 heavy (non-hydrogen) atoms. The fourth-order valence-corrected chi connectivity index (χ4v) is 7.13. The lowest BCUT2D eigenvalue weighted by Crippen LogP contribution is -2.65. The van der Waals surface area contributed by atoms with E-state index in [4.69, 9.17) is 19.9 Å². The molecule has 0 saturated heterocycles. The van der Waals surface area contributed by atoms with Crippen LogP contribution in [0.1, 0.15) is 23.1 Å². The van der Waals surface area contributed by atoms with Gasteiger partial charge in [-0.15, -0.1) is 0 Å². The first-order valence-electron chi connectivity index (χ1n) is 14.7. The van der Waals surface area contributed by atoms with Crippen LogP contribution in [0.3, 0.4) is 0 Å². The van der Waals surface area contributed by atoms with Crippen LogP contribution >= 0.6 is 0 Å². The number of carbonyl (C=O) groups is 4. The predicted molar refractivity (Wildman–Crippen MR) is 164 cm³/mol. The Kier molecular flexibility index (Phi) is 7.56. The zero-order chi connectivity index (χ0) is 34.1. The van der Waals surface area contributed by atoms with Gasteiger partial charge in [-0.1, -0.05) is 0 Å². The normalized spacial score (nSPS) is 24.5. The molecule has 0 aromatic heterocycles. The van der Waals surface area contributed by atoms with E-state index in [1.165, 1.54) is 31.1 Å². The van der Waals surface area contributed by atoms with E-state index in [0.29, 0.717) is 22.7 Å². The molecule has 7 N–H and O–H groups in total. The Labute approximate surface area is 268 Å². The van der Waals surface area contributed by atoms with Gasteiger partial charge in [-0.2, -0.15) is 0 Å². The summed E-state index contributed by atoms with van der Waals surface area (Å²) < 4.78 is 15.9. The van der Waals surface area contributed by atoms with Crippen LogP contribution in [-0.2, 0) is 27.3 Å². The number of benzene rings is 2. The third-order valence-electron chi connectivity index (χ3n) is 9.24. The Morgan fingerprint density at radius 2 is 1.79 bits per heavy atom. The molecule has 0 spiro atoms. The molecule has 0 radical (unpaired) electrons. The van der Waals surface area contributed by atoms with E-state index in [0.717, 1.165) is 0 Å². The number of hydrogen-bond donors (Lipinski definition) is 6. The second-order valence-corrected chi connectivity index (χ2v) is 12.4. The topological polar surface area (TPSA) is 221 Å². The number of phenolic OH excluding ortho intramolecular Hbond substituents is 1. The van der Waals surface area contributed by atoms with Gasteiger partial charge in [-0.25, -0.2) is 4.79 Å². The van der Waals surface area contributed by atoms with Crippen molar-refractivity contribution >= 4 is 35.0 Å². The maximum absolute atomic E-state index is 14.1. The van der Waals surface area contributed by atoms with Crippen molar-refractivity contribution in [1.29, 1.82) is 0 Å². The molecule has 6 rings (SSSR count). The van der Waals surface area contributed by atoms with Crippen LogP contribution in [0.25, 0.3) is 5.76 Å². The third-order valence-corrected chi connectivity index (χ3v) is 9.24. The van der Waals surface area contributed by atoms with Crippen LogP contribution in [0.5, 0.6) is 23.0 Å². The summed E-state index contributed by atoms with van der Waals surface area (Å²) in [7, 11) is 6.57. The van der Waals surface area contributed by atoms with Crippen LogP contribution in [0, 0.1) is 11.8 Å². The summed E-state index contributed by atoms with van der Waals surface area (Å²) in [6.07, 6.45) is -0.760. The lowest BCUT2D eigenvalue weighted by Gasteiger charge is -2.50. The minimum Gasteiger partial charge on any atom is -0.508 e. The number of amides is 2. The van der Waals surface area contributed by atoms with E-state index in [-0.39, 0.29) is 48.6 Å². The van der Waals surface area contributed by atoms with Gasteiger partial charge in [-0.05, 0) is 56.6 Å². The van der Waals surface area contributed by atoms with Gasteiger partial charge in [0.15, 0.2) is 22.9 Å². The molecule has 1 heterocycles. The van der Waals surface area contributed by atoms with Crippen molar-refractivity contribution in [2.45, 2.75) is 31.0 Å². The highest BCUT2D eigenvalue weighted by atomic mass is 16.7. The number of ether oxygens (including phenoxy) is 3. The lowest BCUT2D eigenvalue weighted by molar-refractivity contribution is -0.153. The van der Waals surface area contributed by atoms with E-state index in [2.05, 4.69) is 5.32 Å². The Bertz CT molecular complexity index is 1810. The average molecular weight is 651 g/mol. The zero-order valence-electron chi connectivity index (χ0n) is 26.0. The van der Waals surface area contributed by atoms with Gasteiger partial charge >= 0.3 is 6.09 Å². The van der Waals surface area contributed by atoms with Crippen LogP contribution in [-0.4, -0.2) is 95.5 Å². The van der Waals surface area contributed by atoms with Crippen molar-refractivity contribution in [3.63, 3.8) is 0 Å². The number of nitrogens with one attached hydrogen (secondary N) is 1. The highest BCUT2D eigenvalue weighted by Gasteiger charge is 2.64. The van der Waals surface area contributed by atoms with Gasteiger partial charge in [-0.3, -0.25) is 19.3 Å². The van der Waals surface area contributed by atoms with Crippen molar-refractivity contribution < 1.29 is 53.8 Å². The second kappa shape index (κ2) is 11.2.